The molecule has 0 unspecified atom stereocenters. The van der Waals surface area contributed by atoms with E-state index in [1.165, 1.54) is 0 Å². The van der Waals surface area contributed by atoms with Gasteiger partial charge >= 0.3 is 0 Å². The van der Waals surface area contributed by atoms with Crippen molar-refractivity contribution in [2.45, 2.75) is 10.8 Å². The topological polar surface area (TPSA) is 25.8 Å². The van der Waals surface area contributed by atoms with Crippen molar-refractivity contribution in [3.8, 4) is 35.1 Å². The molecule has 0 aliphatic rings. The number of aromatic nitrogens is 2. The minimum atomic E-state index is -0.760. The molecule has 54 heavy (non-hydrogen) atoms. The third kappa shape index (κ3) is 6.73. The van der Waals surface area contributed by atoms with Crippen LogP contribution in [0.5, 0.6) is 0 Å². The molecule has 0 N–H and O–H groups in total. The number of nitrogens with zero attached hydrogens (tertiary/aromatic N) is 2. The van der Waals surface area contributed by atoms with Gasteiger partial charge in [-0.1, -0.05) is 194 Å². The summed E-state index contributed by atoms with van der Waals surface area (Å²) >= 11 is 0. The summed E-state index contributed by atoms with van der Waals surface area (Å²) in [5.41, 5.74) is 8.20. The summed E-state index contributed by atoms with van der Waals surface area (Å²) in [4.78, 5) is 10.1. The minimum Gasteiger partial charge on any atom is -0.254 e. The highest BCUT2D eigenvalue weighted by atomic mass is 14.8. The second-order valence-electron chi connectivity index (χ2n) is 13.1. The highest BCUT2D eigenvalue weighted by Crippen LogP contribution is 2.41. The average molecular weight is 689 g/mol. The highest BCUT2D eigenvalue weighted by Gasteiger charge is 2.36. The smallest absolute Gasteiger partial charge is 0.108 e. The zero-order chi connectivity index (χ0) is 36.5. The first kappa shape index (κ1) is 33.9. The normalized spacial score (nSPS) is 11.0. The van der Waals surface area contributed by atoms with Gasteiger partial charge in [-0.3, -0.25) is 9.97 Å². The SMILES string of the molecule is C(#CC(c1ccccc1)(c1ccccc1)c1ccc(-c2ccc(C(C#Cc3ccccc3)(c3ccccc3)c3ccccc3)cn2)nc1)c1ccccc1. The van der Waals surface area contributed by atoms with E-state index in [9.17, 15) is 0 Å². The van der Waals surface area contributed by atoms with Crippen LogP contribution in [-0.2, 0) is 10.8 Å². The molecule has 0 saturated carbocycles. The van der Waals surface area contributed by atoms with E-state index in [0.29, 0.717) is 0 Å². The molecule has 0 aliphatic heterocycles. The average Bonchev–Trinajstić information content (AvgIpc) is 3.27. The summed E-state index contributed by atoms with van der Waals surface area (Å²) in [6.45, 7) is 0. The zero-order valence-electron chi connectivity index (χ0n) is 29.7. The lowest BCUT2D eigenvalue weighted by Crippen LogP contribution is -2.28. The minimum absolute atomic E-state index is 0.760. The molecule has 8 aromatic rings. The standard InChI is InChI=1S/C52H36N2/c1-7-19-41(20-8-1)35-37-51(43-23-11-3-12-24-43,44-25-13-4-14-26-44)47-31-33-49(53-39-47)50-34-32-48(40-54-50)52(45-27-15-5-16-28-45,46-29-17-6-18-30-46)38-36-42-21-9-2-10-22-42/h1-34,39-40H. The van der Waals surface area contributed by atoms with Crippen LogP contribution >= 0.6 is 0 Å². The van der Waals surface area contributed by atoms with E-state index in [-0.39, 0.29) is 0 Å². The van der Waals surface area contributed by atoms with E-state index in [2.05, 4.69) is 145 Å². The molecule has 2 nitrogen and oxygen atoms in total. The maximum absolute atomic E-state index is 5.05. The molecular weight excluding hydrogens is 653 g/mol. The number of hydrogen-bond acceptors (Lipinski definition) is 2. The molecule has 2 heteroatoms. The molecule has 0 radical (unpaired) electrons. The first-order chi connectivity index (χ1) is 26.8. The van der Waals surface area contributed by atoms with Gasteiger partial charge in [0.05, 0.1) is 11.4 Å². The van der Waals surface area contributed by atoms with Crippen LogP contribution in [0.4, 0.5) is 0 Å². The van der Waals surface area contributed by atoms with Gasteiger partial charge in [0.25, 0.3) is 0 Å². The molecule has 0 saturated heterocycles. The Hall–Kier alpha value is -7.26. The lowest BCUT2D eigenvalue weighted by atomic mass is 9.70. The second-order valence-corrected chi connectivity index (χ2v) is 13.1. The number of rotatable bonds is 7. The van der Waals surface area contributed by atoms with Crippen LogP contribution in [0.15, 0.2) is 219 Å². The molecular formula is C52H36N2. The van der Waals surface area contributed by atoms with E-state index in [1.54, 1.807) is 0 Å². The molecule has 254 valence electrons. The maximum Gasteiger partial charge on any atom is 0.108 e. The van der Waals surface area contributed by atoms with Gasteiger partial charge in [0.1, 0.15) is 10.8 Å². The van der Waals surface area contributed by atoms with Crippen LogP contribution in [0.1, 0.15) is 44.5 Å². The van der Waals surface area contributed by atoms with Crippen molar-refractivity contribution in [1.29, 1.82) is 0 Å². The second kappa shape index (κ2) is 15.5. The first-order valence-electron chi connectivity index (χ1n) is 18.1. The van der Waals surface area contributed by atoms with Gasteiger partial charge in [0, 0.05) is 23.5 Å². The van der Waals surface area contributed by atoms with Crippen molar-refractivity contribution < 1.29 is 0 Å². The van der Waals surface area contributed by atoms with Crippen LogP contribution in [-0.4, -0.2) is 9.97 Å². The lowest BCUT2D eigenvalue weighted by Gasteiger charge is -2.31. The molecule has 0 bridgehead atoms. The molecule has 0 amide bonds. The Morgan fingerprint density at radius 3 is 0.815 bits per heavy atom. The van der Waals surface area contributed by atoms with Gasteiger partial charge in [0.2, 0.25) is 0 Å². The molecule has 0 fully saturated rings. The molecule has 0 spiro atoms. The van der Waals surface area contributed by atoms with Gasteiger partial charge in [-0.15, -0.1) is 0 Å². The van der Waals surface area contributed by atoms with Crippen molar-refractivity contribution in [2.75, 3.05) is 0 Å². The van der Waals surface area contributed by atoms with Gasteiger partial charge in [-0.25, -0.2) is 0 Å². The summed E-state index contributed by atoms with van der Waals surface area (Å²) in [5, 5.41) is 0. The monoisotopic (exact) mass is 688 g/mol. The van der Waals surface area contributed by atoms with Crippen LogP contribution in [0.25, 0.3) is 11.4 Å². The largest absolute Gasteiger partial charge is 0.254 e. The molecule has 6 aromatic carbocycles. The Bertz CT molecular complexity index is 2280. The molecule has 2 aromatic heterocycles. The zero-order valence-corrected chi connectivity index (χ0v) is 29.7. The summed E-state index contributed by atoms with van der Waals surface area (Å²) in [7, 11) is 0. The maximum atomic E-state index is 5.05. The van der Waals surface area contributed by atoms with Gasteiger partial charge in [-0.05, 0) is 69.8 Å². The Kier molecular flexibility index (Phi) is 9.75. The van der Waals surface area contributed by atoms with E-state index < -0.39 is 10.8 Å². The number of hydrogen-bond donors (Lipinski definition) is 0. The molecule has 2 heterocycles. The number of pyridine rings is 2. The third-order valence-corrected chi connectivity index (χ3v) is 9.82. The van der Waals surface area contributed by atoms with E-state index in [4.69, 9.17) is 9.97 Å². The van der Waals surface area contributed by atoms with Crippen molar-refractivity contribution in [2.24, 2.45) is 0 Å². The van der Waals surface area contributed by atoms with Crippen molar-refractivity contribution in [1.82, 2.24) is 9.97 Å². The van der Waals surface area contributed by atoms with Crippen LogP contribution < -0.4 is 0 Å². The fourth-order valence-corrected chi connectivity index (χ4v) is 7.09. The summed E-state index contributed by atoms with van der Waals surface area (Å²) in [5.74, 6) is 14.4. The predicted octanol–water partition coefficient (Wildman–Crippen LogP) is 10.9. The first-order valence-corrected chi connectivity index (χ1v) is 18.1. The Labute approximate surface area is 317 Å². The molecule has 0 atom stereocenters. The van der Waals surface area contributed by atoms with Crippen LogP contribution in [0, 0.1) is 23.7 Å². The van der Waals surface area contributed by atoms with Crippen molar-refractivity contribution >= 4 is 0 Å². The third-order valence-electron chi connectivity index (χ3n) is 9.82. The van der Waals surface area contributed by atoms with Crippen molar-refractivity contribution in [3.63, 3.8) is 0 Å². The molecule has 8 rings (SSSR count). The predicted molar refractivity (Wildman–Crippen MR) is 220 cm³/mol. The van der Waals surface area contributed by atoms with Crippen LogP contribution in [0.2, 0.25) is 0 Å². The van der Waals surface area contributed by atoms with Gasteiger partial charge in [-0.2, -0.15) is 0 Å². The Balaban J connectivity index is 1.23. The molecule has 0 aliphatic carbocycles. The van der Waals surface area contributed by atoms with Crippen molar-refractivity contribution in [3.05, 3.63) is 263 Å². The van der Waals surface area contributed by atoms with Crippen LogP contribution in [0.3, 0.4) is 0 Å². The fraction of sp³-hybridized carbons (Fsp3) is 0.0385. The van der Waals surface area contributed by atoms with Gasteiger partial charge < -0.3 is 0 Å². The van der Waals surface area contributed by atoms with E-state index in [0.717, 1.165) is 55.9 Å². The summed E-state index contributed by atoms with van der Waals surface area (Å²) in [6.07, 6.45) is 3.91. The quantitative estimate of drug-likeness (QED) is 0.156. The fourth-order valence-electron chi connectivity index (χ4n) is 7.09. The van der Waals surface area contributed by atoms with E-state index in [1.807, 2.05) is 97.3 Å². The Morgan fingerprint density at radius 2 is 0.556 bits per heavy atom. The van der Waals surface area contributed by atoms with E-state index >= 15 is 0 Å². The summed E-state index contributed by atoms with van der Waals surface area (Å²) < 4.78 is 0. The Morgan fingerprint density at radius 1 is 0.278 bits per heavy atom. The van der Waals surface area contributed by atoms with Gasteiger partial charge in [0.15, 0.2) is 0 Å². The lowest BCUT2D eigenvalue weighted by molar-refractivity contribution is 0.800. The summed E-state index contributed by atoms with van der Waals surface area (Å²) in [6, 6.07) is 70.5. The number of benzene rings is 6. The highest BCUT2D eigenvalue weighted by molar-refractivity contribution is 5.64.